The van der Waals surface area contributed by atoms with Crippen molar-refractivity contribution in [1.29, 1.82) is 0 Å². The van der Waals surface area contributed by atoms with Gasteiger partial charge in [0.1, 0.15) is 0 Å². The summed E-state index contributed by atoms with van der Waals surface area (Å²) < 4.78 is 63.8. The summed E-state index contributed by atoms with van der Waals surface area (Å²) in [5.74, 6) is -1.05. The van der Waals surface area contributed by atoms with Crippen LogP contribution in [0, 0.1) is 13.8 Å². The molecule has 0 radical (unpaired) electrons. The Balaban J connectivity index is 0.00000324. The Kier molecular flexibility index (Phi) is 11.5. The second-order valence-electron chi connectivity index (χ2n) is 7.29. The zero-order chi connectivity index (χ0) is 25.3. The summed E-state index contributed by atoms with van der Waals surface area (Å²) in [5, 5.41) is 24.2. The Morgan fingerprint density at radius 1 is 0.667 bits per heavy atom. The number of nitrogens with zero attached hydrogens (tertiary/aromatic N) is 2. The van der Waals surface area contributed by atoms with Crippen LogP contribution in [0.1, 0.15) is 22.3 Å². The maximum atomic E-state index is 12.1. The van der Waals surface area contributed by atoms with Gasteiger partial charge in [0.05, 0.1) is 21.2 Å². The molecular formula is C22H18N2Na2O8S2. The van der Waals surface area contributed by atoms with E-state index in [1.165, 1.54) is 0 Å². The third-order valence-electron chi connectivity index (χ3n) is 4.83. The molecule has 3 aromatic carbocycles. The zero-order valence-corrected chi connectivity index (χ0v) is 25.5. The quantitative estimate of drug-likeness (QED) is 0.181. The molecule has 14 heteroatoms. The minimum Gasteiger partial charge on any atom is -0.872 e. The van der Waals surface area contributed by atoms with E-state index in [0.29, 0.717) is 0 Å². The topological polar surface area (TPSA) is 180 Å². The van der Waals surface area contributed by atoms with Crippen LogP contribution in [0.25, 0.3) is 0 Å². The summed E-state index contributed by atoms with van der Waals surface area (Å²) in [6.07, 6.45) is 2.25. The molecule has 0 saturated carbocycles. The monoisotopic (exact) mass is 548 g/mol. The Morgan fingerprint density at radius 3 is 1.31 bits per heavy atom. The van der Waals surface area contributed by atoms with Crippen LogP contribution in [0.4, 0.5) is 11.4 Å². The Labute approximate surface area is 252 Å². The van der Waals surface area contributed by atoms with Crippen molar-refractivity contribution in [2.75, 3.05) is 0 Å². The third kappa shape index (κ3) is 8.21. The number of hydrogen-bond acceptors (Lipinski definition) is 8. The average Bonchev–Trinajstić information content (AvgIpc) is 2.73. The molecule has 0 aliphatic carbocycles. The molecule has 0 aliphatic heterocycles. The number of aliphatic imine (C=N–C) groups is 2. The summed E-state index contributed by atoms with van der Waals surface area (Å²) >= 11 is 0. The molecule has 0 aromatic heterocycles. The first kappa shape index (κ1) is 32.4. The predicted molar refractivity (Wildman–Crippen MR) is 122 cm³/mol. The molecule has 0 amide bonds. The molecule has 10 nitrogen and oxygen atoms in total. The second-order valence-corrected chi connectivity index (χ2v) is 10.1. The summed E-state index contributed by atoms with van der Waals surface area (Å²) in [6, 6.07) is 9.20. The second kappa shape index (κ2) is 12.8. The molecule has 0 heterocycles. The van der Waals surface area contributed by atoms with E-state index in [1.807, 2.05) is 13.8 Å². The average molecular weight is 549 g/mol. The molecule has 36 heavy (non-hydrogen) atoms. The summed E-state index contributed by atoms with van der Waals surface area (Å²) in [7, 11) is -9.03. The molecule has 0 saturated heterocycles. The van der Waals surface area contributed by atoms with Gasteiger partial charge < -0.3 is 10.2 Å². The van der Waals surface area contributed by atoms with Crippen LogP contribution in [0.5, 0.6) is 11.5 Å². The first-order valence-electron chi connectivity index (χ1n) is 9.52. The van der Waals surface area contributed by atoms with Crippen molar-refractivity contribution in [1.82, 2.24) is 0 Å². The molecule has 3 rings (SSSR count). The van der Waals surface area contributed by atoms with Gasteiger partial charge in [-0.3, -0.25) is 19.1 Å². The summed E-state index contributed by atoms with van der Waals surface area (Å²) in [6.45, 7) is 3.62. The molecule has 0 aliphatic rings. The molecule has 3 aromatic rings. The van der Waals surface area contributed by atoms with Gasteiger partial charge in [-0.2, -0.15) is 16.8 Å². The van der Waals surface area contributed by atoms with Crippen LogP contribution in [0.2, 0.25) is 0 Å². The maximum Gasteiger partial charge on any atom is 1.00 e. The molecule has 0 fully saturated rings. The van der Waals surface area contributed by atoms with Gasteiger partial charge in [0.25, 0.3) is 20.2 Å². The van der Waals surface area contributed by atoms with Crippen molar-refractivity contribution in [2.24, 2.45) is 9.98 Å². The van der Waals surface area contributed by atoms with Crippen LogP contribution in [-0.2, 0) is 20.2 Å². The number of hydrogen-bond donors (Lipinski definition) is 2. The van der Waals surface area contributed by atoms with Gasteiger partial charge in [0, 0.05) is 12.4 Å². The van der Waals surface area contributed by atoms with Gasteiger partial charge in [0.2, 0.25) is 0 Å². The number of rotatable bonds is 6. The Bertz CT molecular complexity index is 1440. The van der Waals surface area contributed by atoms with Crippen molar-refractivity contribution < 1.29 is 95.3 Å². The number of aryl methyl sites for hydroxylation is 2. The fourth-order valence-electron chi connectivity index (χ4n) is 2.85. The fraction of sp³-hybridized carbons (Fsp3) is 0.0909. The Morgan fingerprint density at radius 2 is 1.00 bits per heavy atom. The predicted octanol–water partition coefficient (Wildman–Crippen LogP) is -3.55. The van der Waals surface area contributed by atoms with E-state index in [-0.39, 0.29) is 81.6 Å². The molecule has 0 spiro atoms. The van der Waals surface area contributed by atoms with Gasteiger partial charge in [-0.05, 0) is 72.5 Å². The molecule has 0 unspecified atom stereocenters. The zero-order valence-electron chi connectivity index (χ0n) is 19.8. The summed E-state index contributed by atoms with van der Waals surface area (Å²) in [4.78, 5) is 7.52. The van der Waals surface area contributed by atoms with Crippen molar-refractivity contribution in [3.05, 3.63) is 70.8 Å². The van der Waals surface area contributed by atoms with E-state index < -0.39 is 41.5 Å². The molecular weight excluding hydrogens is 530 g/mol. The molecule has 0 bridgehead atoms. The van der Waals surface area contributed by atoms with Crippen LogP contribution >= 0.6 is 0 Å². The maximum absolute atomic E-state index is 12.1. The van der Waals surface area contributed by atoms with E-state index in [2.05, 4.69) is 9.98 Å². The van der Waals surface area contributed by atoms with Crippen LogP contribution in [0.15, 0.2) is 68.3 Å². The van der Waals surface area contributed by atoms with Crippen LogP contribution < -0.4 is 69.3 Å². The largest absolute Gasteiger partial charge is 1.00 e. The normalized spacial score (nSPS) is 11.9. The Hall–Kier alpha value is -1.58. The molecule has 178 valence electrons. The first-order chi connectivity index (χ1) is 15.8. The van der Waals surface area contributed by atoms with Gasteiger partial charge >= 0.3 is 59.1 Å². The van der Waals surface area contributed by atoms with E-state index in [1.54, 1.807) is 12.1 Å². The third-order valence-corrected chi connectivity index (χ3v) is 6.53. The van der Waals surface area contributed by atoms with Gasteiger partial charge in [-0.1, -0.05) is 23.6 Å². The van der Waals surface area contributed by atoms with Gasteiger partial charge in [0.15, 0.2) is 0 Å². The van der Waals surface area contributed by atoms with Gasteiger partial charge in [-0.25, -0.2) is 0 Å². The molecule has 0 atom stereocenters. The standard InChI is InChI=1S/C22H20N2O8S2.2Na/c1-13-7-19(23-11-15-9-17(33(27,28)29)3-5-21(15)25)20(8-14(13)2)24-12-16-10-18(34(30,31)32)4-6-22(16)26;;/h3-12,25-26H,1-2H3,(H,27,28,29)(H,30,31,32);;/q;2*+1/p-2. The van der Waals surface area contributed by atoms with Crippen LogP contribution in [-0.4, -0.2) is 38.4 Å². The first-order valence-corrected chi connectivity index (χ1v) is 12.4. The van der Waals surface area contributed by atoms with Crippen LogP contribution in [0.3, 0.4) is 0 Å². The van der Waals surface area contributed by atoms with Crippen molar-refractivity contribution in [2.45, 2.75) is 23.6 Å². The minimum absolute atomic E-state index is 0. The number of benzene rings is 3. The summed E-state index contributed by atoms with van der Waals surface area (Å²) in [5.41, 5.74) is 2.02. The van der Waals surface area contributed by atoms with E-state index in [4.69, 9.17) is 0 Å². The van der Waals surface area contributed by atoms with Gasteiger partial charge in [-0.15, -0.1) is 0 Å². The fourth-order valence-corrected chi connectivity index (χ4v) is 3.88. The minimum atomic E-state index is -4.52. The van der Waals surface area contributed by atoms with E-state index in [0.717, 1.165) is 60.0 Å². The van der Waals surface area contributed by atoms with E-state index in [9.17, 15) is 36.2 Å². The smallest absolute Gasteiger partial charge is 0.872 e. The molecule has 2 N–H and O–H groups in total. The van der Waals surface area contributed by atoms with Crippen molar-refractivity contribution in [3.8, 4) is 11.5 Å². The SMILES string of the molecule is Cc1cc(N=Cc2cc(S(=O)(=O)O)ccc2[O-])c(N=Cc2cc(S(=O)(=O)O)ccc2[O-])cc1C.[Na+].[Na+]. The van der Waals surface area contributed by atoms with Crippen molar-refractivity contribution >= 4 is 44.0 Å². The van der Waals surface area contributed by atoms with Crippen molar-refractivity contribution in [3.63, 3.8) is 0 Å². The van der Waals surface area contributed by atoms with E-state index >= 15 is 0 Å².